The lowest BCUT2D eigenvalue weighted by Gasteiger charge is -2.36. The fraction of sp³-hybridized carbons (Fsp3) is 0.600. The Kier molecular flexibility index (Phi) is 4.20. The lowest BCUT2D eigenvalue weighted by molar-refractivity contribution is 0.0145. The molecule has 5 atom stereocenters. The van der Waals surface area contributed by atoms with Crippen molar-refractivity contribution >= 4 is 17.0 Å². The molecule has 2 aliphatic carbocycles. The van der Waals surface area contributed by atoms with Crippen LogP contribution >= 0.6 is 0 Å². The average molecular weight is 318 g/mol. The van der Waals surface area contributed by atoms with Crippen LogP contribution in [0.4, 0.5) is 0 Å². The molecule has 1 nitrogen and oxygen atoms in total. The first-order valence-corrected chi connectivity index (χ1v) is 10.3. The lowest BCUT2D eigenvalue weighted by atomic mass is 9.70. The minimum absolute atomic E-state index is 0.118. The molecule has 3 rings (SSSR count). The molecule has 1 N–H and O–H groups in total. The van der Waals surface area contributed by atoms with Crippen LogP contribution in [0.15, 0.2) is 36.4 Å². The van der Waals surface area contributed by atoms with Gasteiger partial charge in [0.15, 0.2) is 0 Å². The van der Waals surface area contributed by atoms with Crippen molar-refractivity contribution in [3.8, 4) is 0 Å². The summed E-state index contributed by atoms with van der Waals surface area (Å²) in [5.41, 5.74) is 1.66. The van der Waals surface area contributed by atoms with E-state index in [4.69, 9.17) is 0 Å². The Hall–Kier alpha value is -0.730. The maximum Gasteiger partial charge on any atom is 0.147 e. The van der Waals surface area contributed by atoms with Gasteiger partial charge in [0.05, 0.1) is 6.26 Å². The van der Waals surface area contributed by atoms with Crippen molar-refractivity contribution in [1.29, 1.82) is 0 Å². The normalized spacial score (nSPS) is 37.8. The number of aliphatic hydroxyl groups excluding tert-OH is 1. The highest BCUT2D eigenvalue weighted by Crippen LogP contribution is 2.66. The van der Waals surface area contributed by atoms with Crippen LogP contribution in [0.1, 0.15) is 39.2 Å². The number of benzene rings is 1. The Labute approximate surface area is 138 Å². The molecule has 0 radical (unpaired) electrons. The number of aliphatic hydroxyl groups is 1. The van der Waals surface area contributed by atoms with Gasteiger partial charge >= 0.3 is 0 Å². The average Bonchev–Trinajstić information content (AvgIpc) is 2.80. The van der Waals surface area contributed by atoms with Gasteiger partial charge in [-0.15, -0.1) is 0 Å². The molecule has 1 aromatic carbocycles. The van der Waals surface area contributed by atoms with E-state index in [1.165, 1.54) is 18.4 Å². The second-order valence-corrected chi connectivity index (χ2v) is 10.1. The van der Waals surface area contributed by atoms with Gasteiger partial charge in [-0.05, 0) is 40.8 Å². The summed E-state index contributed by atoms with van der Waals surface area (Å²) in [7, 11) is 0.242. The lowest BCUT2D eigenvalue weighted by Crippen LogP contribution is -2.43. The molecule has 2 fully saturated rings. The Morgan fingerprint density at radius 2 is 1.91 bits per heavy atom. The van der Waals surface area contributed by atoms with Gasteiger partial charge in [-0.25, -0.2) is 0 Å². The topological polar surface area (TPSA) is 20.2 Å². The van der Waals surface area contributed by atoms with E-state index in [2.05, 4.69) is 69.5 Å². The third-order valence-electron chi connectivity index (χ3n) is 6.67. The van der Waals surface area contributed by atoms with E-state index in [-0.39, 0.29) is 27.8 Å². The second-order valence-electron chi connectivity index (χ2n) is 7.86. The van der Waals surface area contributed by atoms with E-state index in [1.54, 1.807) is 0 Å². The Morgan fingerprint density at radius 1 is 1.23 bits per heavy atom. The molecule has 2 saturated carbocycles. The molecule has 2 heteroatoms. The minimum Gasteiger partial charge on any atom is -0.387 e. The molecule has 2 aliphatic rings. The van der Waals surface area contributed by atoms with Gasteiger partial charge in [-0.1, -0.05) is 57.2 Å². The van der Waals surface area contributed by atoms with Crippen molar-refractivity contribution in [1.82, 2.24) is 0 Å². The predicted molar refractivity (Wildman–Crippen MR) is 98.0 cm³/mol. The fourth-order valence-corrected chi connectivity index (χ4v) is 7.16. The summed E-state index contributed by atoms with van der Waals surface area (Å²) in [5.74, 6) is 1.77. The summed E-state index contributed by atoms with van der Waals surface area (Å²) in [4.78, 5) is 0. The molecule has 2 bridgehead atoms. The van der Waals surface area contributed by atoms with Crippen LogP contribution < -0.4 is 0 Å². The van der Waals surface area contributed by atoms with Crippen molar-refractivity contribution in [3.05, 3.63) is 42.0 Å². The maximum atomic E-state index is 10.9. The predicted octanol–water partition coefficient (Wildman–Crippen LogP) is 4.13. The maximum absolute atomic E-state index is 10.9. The number of fused-ring (bicyclic) bond motifs is 2. The minimum atomic E-state index is -0.125. The fourth-order valence-electron chi connectivity index (χ4n) is 4.76. The summed E-state index contributed by atoms with van der Waals surface area (Å²) in [6.07, 6.45) is 9.23. The summed E-state index contributed by atoms with van der Waals surface area (Å²) in [6.45, 7) is 7.07. The first kappa shape index (κ1) is 16.1. The highest BCUT2D eigenvalue weighted by Gasteiger charge is 2.69. The Balaban J connectivity index is 1.69. The van der Waals surface area contributed by atoms with E-state index in [0.29, 0.717) is 11.2 Å². The van der Waals surface area contributed by atoms with E-state index in [0.717, 1.165) is 5.75 Å². The van der Waals surface area contributed by atoms with Crippen LogP contribution in [-0.2, 0) is 10.9 Å². The van der Waals surface area contributed by atoms with E-state index < -0.39 is 0 Å². The summed E-state index contributed by atoms with van der Waals surface area (Å²) in [5, 5.41) is 11.4. The highest BCUT2D eigenvalue weighted by molar-refractivity contribution is 7.97. The third kappa shape index (κ3) is 2.35. The molecule has 0 saturated heterocycles. The van der Waals surface area contributed by atoms with Crippen LogP contribution in [0.3, 0.4) is 0 Å². The Bertz CT molecular complexity index is 550. The number of hydrogen-bond donors (Lipinski definition) is 1. The van der Waals surface area contributed by atoms with E-state index in [9.17, 15) is 5.11 Å². The molecular weight excluding hydrogens is 288 g/mol. The van der Waals surface area contributed by atoms with Crippen LogP contribution in [0.25, 0.3) is 6.08 Å². The molecule has 22 heavy (non-hydrogen) atoms. The zero-order valence-corrected chi connectivity index (χ0v) is 15.1. The van der Waals surface area contributed by atoms with Gasteiger partial charge in [0, 0.05) is 11.3 Å². The van der Waals surface area contributed by atoms with Gasteiger partial charge in [-0.2, -0.15) is 0 Å². The zero-order chi connectivity index (χ0) is 16.0. The molecule has 0 aromatic heterocycles. The standard InChI is InChI=1S/C20H29OS/c1-19(2)16-12-13-20(19,3)18(21)17(16)22(4)14-8-11-15-9-6-5-7-10-15/h5-11,16-18,21H,12-14H2,1-4H3/q+1/b11-8+/t16-,17+,18+,20+,22?/m1/s1. The Morgan fingerprint density at radius 3 is 2.50 bits per heavy atom. The molecule has 1 aromatic rings. The zero-order valence-electron chi connectivity index (χ0n) is 14.3. The van der Waals surface area contributed by atoms with Gasteiger partial charge < -0.3 is 5.11 Å². The number of hydrogen-bond acceptors (Lipinski definition) is 1. The van der Waals surface area contributed by atoms with E-state index >= 15 is 0 Å². The van der Waals surface area contributed by atoms with Crippen molar-refractivity contribution in [2.24, 2.45) is 16.7 Å². The summed E-state index contributed by atoms with van der Waals surface area (Å²) < 4.78 is 0. The van der Waals surface area contributed by atoms with Crippen molar-refractivity contribution in [2.75, 3.05) is 12.0 Å². The van der Waals surface area contributed by atoms with Crippen LogP contribution in [-0.4, -0.2) is 28.5 Å². The molecule has 0 aliphatic heterocycles. The second kappa shape index (κ2) is 5.72. The third-order valence-corrected chi connectivity index (χ3v) is 8.90. The van der Waals surface area contributed by atoms with Crippen LogP contribution in [0.5, 0.6) is 0 Å². The highest BCUT2D eigenvalue weighted by atomic mass is 32.2. The van der Waals surface area contributed by atoms with Gasteiger partial charge in [-0.3, -0.25) is 0 Å². The van der Waals surface area contributed by atoms with Gasteiger partial charge in [0.25, 0.3) is 0 Å². The van der Waals surface area contributed by atoms with Crippen LogP contribution in [0.2, 0.25) is 0 Å². The monoisotopic (exact) mass is 317 g/mol. The van der Waals surface area contributed by atoms with Crippen molar-refractivity contribution in [2.45, 2.75) is 45.0 Å². The smallest absolute Gasteiger partial charge is 0.147 e. The summed E-state index contributed by atoms with van der Waals surface area (Å²) >= 11 is 0. The molecule has 0 heterocycles. The molecule has 0 spiro atoms. The van der Waals surface area contributed by atoms with Crippen LogP contribution in [0, 0.1) is 16.7 Å². The SMILES string of the molecule is C[S+](C/C=C/c1ccccc1)[C@H]1[C@H]2CC[C@@](C)([C@H]1O)C2(C)C. The molecular formula is C20H29OS+. The molecule has 120 valence electrons. The van der Waals surface area contributed by atoms with E-state index in [1.807, 2.05) is 0 Å². The largest absolute Gasteiger partial charge is 0.387 e. The molecule has 1 unspecified atom stereocenters. The summed E-state index contributed by atoms with van der Waals surface area (Å²) in [6, 6.07) is 10.5. The first-order chi connectivity index (χ1) is 10.4. The van der Waals surface area contributed by atoms with Gasteiger partial charge in [0.1, 0.15) is 17.1 Å². The quantitative estimate of drug-likeness (QED) is 0.828. The van der Waals surface area contributed by atoms with Gasteiger partial charge in [0.2, 0.25) is 0 Å². The van der Waals surface area contributed by atoms with Crippen molar-refractivity contribution < 1.29 is 5.11 Å². The first-order valence-electron chi connectivity index (χ1n) is 8.39. The van der Waals surface area contributed by atoms with Crippen molar-refractivity contribution in [3.63, 3.8) is 0 Å². The number of rotatable bonds is 4. The molecule has 0 amide bonds.